The Bertz CT molecular complexity index is 385. The van der Waals surface area contributed by atoms with Crippen LogP contribution in [0.3, 0.4) is 0 Å². The predicted octanol–water partition coefficient (Wildman–Crippen LogP) is 14.4. The van der Waals surface area contributed by atoms with Gasteiger partial charge in [-0.05, 0) is 11.8 Å². The Hall–Kier alpha value is 0. The van der Waals surface area contributed by atoms with Crippen molar-refractivity contribution in [1.82, 2.24) is 0 Å². The number of rotatable bonds is 32. The van der Waals surface area contributed by atoms with Gasteiger partial charge in [-0.3, -0.25) is 0 Å². The third kappa shape index (κ3) is 32.1. The fourth-order valence-corrected chi connectivity index (χ4v) is 6.11. The lowest BCUT2D eigenvalue weighted by Gasteiger charge is -2.11. The van der Waals surface area contributed by atoms with Gasteiger partial charge < -0.3 is 0 Å². The Morgan fingerprint density at radius 1 is 0.243 bits per heavy atom. The molecule has 0 nitrogen and oxygen atoms in total. The number of hydrogen-bond acceptors (Lipinski definition) is 0. The molecule has 0 heteroatoms. The maximum atomic E-state index is 2.51. The topological polar surface area (TPSA) is 0 Å². The first-order chi connectivity index (χ1) is 18.2. The average Bonchev–Trinajstić information content (AvgIpc) is 2.90. The molecule has 2 atom stereocenters. The van der Waals surface area contributed by atoms with Crippen molar-refractivity contribution in [3.05, 3.63) is 0 Å². The first-order valence-corrected chi connectivity index (χ1v) is 18.2. The van der Waals surface area contributed by atoms with E-state index in [2.05, 4.69) is 27.7 Å². The van der Waals surface area contributed by atoms with Gasteiger partial charge in [0.05, 0.1) is 0 Å². The Labute approximate surface area is 238 Å². The van der Waals surface area contributed by atoms with E-state index in [1.807, 2.05) is 0 Å². The van der Waals surface area contributed by atoms with Crippen molar-refractivity contribution in [1.29, 1.82) is 0 Å². The SMILES string of the molecule is CCCCCCCCCCCCCCC(C)CCCCCCCCCCCCCCCC(C)CCCC. The summed E-state index contributed by atoms with van der Waals surface area (Å²) < 4.78 is 0. The molecule has 0 aliphatic heterocycles. The van der Waals surface area contributed by atoms with Crippen molar-refractivity contribution in [3.8, 4) is 0 Å². The highest BCUT2D eigenvalue weighted by molar-refractivity contribution is 4.57. The van der Waals surface area contributed by atoms with Gasteiger partial charge >= 0.3 is 0 Å². The van der Waals surface area contributed by atoms with Gasteiger partial charge in [-0.2, -0.15) is 0 Å². The molecule has 2 unspecified atom stereocenters. The van der Waals surface area contributed by atoms with Gasteiger partial charge in [0, 0.05) is 0 Å². The number of unbranched alkanes of at least 4 members (excludes halogenated alkanes) is 24. The molecule has 0 spiro atoms. The van der Waals surface area contributed by atoms with Crippen LogP contribution >= 0.6 is 0 Å². The molecule has 0 rings (SSSR count). The summed E-state index contributed by atoms with van der Waals surface area (Å²) in [4.78, 5) is 0. The zero-order valence-electron chi connectivity index (χ0n) is 27.1. The highest BCUT2D eigenvalue weighted by Crippen LogP contribution is 2.20. The summed E-state index contributed by atoms with van der Waals surface area (Å²) in [5.74, 6) is 1.93. The molecule has 0 aromatic heterocycles. The van der Waals surface area contributed by atoms with Gasteiger partial charge in [0.25, 0.3) is 0 Å². The summed E-state index contributed by atoms with van der Waals surface area (Å²) >= 11 is 0. The Balaban J connectivity index is 3.17. The zero-order valence-corrected chi connectivity index (χ0v) is 27.1. The second-order valence-corrected chi connectivity index (χ2v) is 13.2. The van der Waals surface area contributed by atoms with Crippen LogP contribution in [-0.4, -0.2) is 0 Å². The van der Waals surface area contributed by atoms with Crippen LogP contribution in [0.15, 0.2) is 0 Å². The van der Waals surface area contributed by atoms with E-state index >= 15 is 0 Å². The molecule has 0 radical (unpaired) electrons. The van der Waals surface area contributed by atoms with Crippen molar-refractivity contribution in [2.45, 2.75) is 227 Å². The monoisotopic (exact) mass is 521 g/mol. The minimum atomic E-state index is 0.965. The van der Waals surface area contributed by atoms with Crippen LogP contribution in [0, 0.1) is 11.8 Å². The lowest BCUT2D eigenvalue weighted by atomic mass is 9.95. The second-order valence-electron chi connectivity index (χ2n) is 13.2. The van der Waals surface area contributed by atoms with Crippen molar-refractivity contribution in [2.24, 2.45) is 11.8 Å². The summed E-state index contributed by atoms with van der Waals surface area (Å²) in [5, 5.41) is 0. The number of hydrogen-bond donors (Lipinski definition) is 0. The van der Waals surface area contributed by atoms with E-state index in [0.717, 1.165) is 11.8 Å². The maximum Gasteiger partial charge on any atom is -0.0443 e. The summed E-state index contributed by atoms with van der Waals surface area (Å²) in [5.41, 5.74) is 0. The standard InChI is InChI=1S/C37H76/c1-5-7-9-10-11-12-13-17-20-24-27-30-34-37(4)35-31-28-25-22-19-16-14-15-18-21-23-26-29-33-36(3)32-8-6-2/h36-37H,5-35H2,1-4H3. The van der Waals surface area contributed by atoms with Crippen LogP contribution in [0.4, 0.5) is 0 Å². The second kappa shape index (κ2) is 32.2. The van der Waals surface area contributed by atoms with Crippen molar-refractivity contribution >= 4 is 0 Å². The largest absolute Gasteiger partial charge is 0.0654 e. The summed E-state index contributed by atoms with van der Waals surface area (Å²) in [6.07, 6.45) is 45.7. The molecule has 0 saturated heterocycles. The molecule has 37 heavy (non-hydrogen) atoms. The molecule has 0 heterocycles. The fraction of sp³-hybridized carbons (Fsp3) is 1.00. The average molecular weight is 521 g/mol. The van der Waals surface area contributed by atoms with E-state index in [0.29, 0.717) is 0 Å². The van der Waals surface area contributed by atoms with Crippen LogP contribution in [0.25, 0.3) is 0 Å². The van der Waals surface area contributed by atoms with Crippen molar-refractivity contribution < 1.29 is 0 Å². The minimum Gasteiger partial charge on any atom is -0.0654 e. The molecule has 0 N–H and O–H groups in total. The van der Waals surface area contributed by atoms with Crippen LogP contribution < -0.4 is 0 Å². The highest BCUT2D eigenvalue weighted by Gasteiger charge is 2.03. The molecule has 0 fully saturated rings. The normalized spacial score (nSPS) is 13.3. The quantitative estimate of drug-likeness (QED) is 0.0773. The van der Waals surface area contributed by atoms with Crippen LogP contribution in [0.5, 0.6) is 0 Å². The van der Waals surface area contributed by atoms with Crippen molar-refractivity contribution in [2.75, 3.05) is 0 Å². The van der Waals surface area contributed by atoms with Crippen LogP contribution in [-0.2, 0) is 0 Å². The zero-order chi connectivity index (χ0) is 27.1. The molecule has 224 valence electrons. The van der Waals surface area contributed by atoms with E-state index in [4.69, 9.17) is 0 Å². The minimum absolute atomic E-state index is 0.965. The van der Waals surface area contributed by atoms with Gasteiger partial charge in [0.2, 0.25) is 0 Å². The molecule has 0 aromatic carbocycles. The molecule has 0 amide bonds. The lowest BCUT2D eigenvalue weighted by Crippen LogP contribution is -1.95. The molecular weight excluding hydrogens is 444 g/mol. The van der Waals surface area contributed by atoms with Gasteiger partial charge in [0.15, 0.2) is 0 Å². The Morgan fingerprint density at radius 2 is 0.432 bits per heavy atom. The maximum absolute atomic E-state index is 2.51. The van der Waals surface area contributed by atoms with Crippen molar-refractivity contribution in [3.63, 3.8) is 0 Å². The Kier molecular flexibility index (Phi) is 32.2. The highest BCUT2D eigenvalue weighted by atomic mass is 14.1. The predicted molar refractivity (Wildman–Crippen MR) is 173 cm³/mol. The first-order valence-electron chi connectivity index (χ1n) is 18.2. The molecular formula is C37H76. The lowest BCUT2D eigenvalue weighted by molar-refractivity contribution is 0.429. The molecule has 0 aromatic rings. The fourth-order valence-electron chi connectivity index (χ4n) is 6.11. The van der Waals surface area contributed by atoms with E-state index in [9.17, 15) is 0 Å². The Morgan fingerprint density at radius 3 is 0.676 bits per heavy atom. The van der Waals surface area contributed by atoms with Crippen LogP contribution in [0.2, 0.25) is 0 Å². The van der Waals surface area contributed by atoms with E-state index in [-0.39, 0.29) is 0 Å². The van der Waals surface area contributed by atoms with Gasteiger partial charge in [0.1, 0.15) is 0 Å². The molecule has 0 aliphatic rings. The van der Waals surface area contributed by atoms with E-state index in [1.54, 1.807) is 0 Å². The van der Waals surface area contributed by atoms with Gasteiger partial charge in [-0.25, -0.2) is 0 Å². The molecule has 0 aliphatic carbocycles. The summed E-state index contributed by atoms with van der Waals surface area (Å²) in [6, 6.07) is 0. The van der Waals surface area contributed by atoms with Gasteiger partial charge in [-0.15, -0.1) is 0 Å². The molecule has 0 saturated carbocycles. The third-order valence-electron chi connectivity index (χ3n) is 8.99. The first kappa shape index (κ1) is 37.0. The molecule has 0 bridgehead atoms. The summed E-state index contributed by atoms with van der Waals surface area (Å²) in [6.45, 7) is 9.59. The van der Waals surface area contributed by atoms with Gasteiger partial charge in [-0.1, -0.05) is 227 Å². The van der Waals surface area contributed by atoms with E-state index < -0.39 is 0 Å². The van der Waals surface area contributed by atoms with Crippen LogP contribution in [0.1, 0.15) is 227 Å². The third-order valence-corrected chi connectivity index (χ3v) is 8.99. The smallest absolute Gasteiger partial charge is 0.0443 e. The summed E-state index contributed by atoms with van der Waals surface area (Å²) in [7, 11) is 0. The van der Waals surface area contributed by atoms with E-state index in [1.165, 1.54) is 199 Å².